The Bertz CT molecular complexity index is 1850. The fraction of sp³-hybridized carbons (Fsp3) is 0.179. The molecule has 3 N–H and O–H groups in total. The van der Waals surface area contributed by atoms with Gasteiger partial charge in [0.1, 0.15) is 17.4 Å². The summed E-state index contributed by atoms with van der Waals surface area (Å²) in [4.78, 5) is 19.4. The first-order valence-electron chi connectivity index (χ1n) is 15.7. The van der Waals surface area contributed by atoms with Gasteiger partial charge in [0.25, 0.3) is 5.91 Å². The summed E-state index contributed by atoms with van der Waals surface area (Å²) < 4.78 is 40.5. The third kappa shape index (κ3) is 7.43. The molecule has 1 heterocycles. The Morgan fingerprint density at radius 2 is 1.50 bits per heavy atom. The van der Waals surface area contributed by atoms with E-state index in [0.29, 0.717) is 24.3 Å². The number of nitrogens with zero attached hydrogens (tertiary/aromatic N) is 1. The second kappa shape index (κ2) is 15.0. The van der Waals surface area contributed by atoms with Crippen molar-refractivity contribution >= 4 is 11.8 Å². The van der Waals surface area contributed by atoms with E-state index in [4.69, 9.17) is 19.6 Å². The number of hydrogen-bond acceptors (Lipinski definition) is 6. The predicted octanol–water partition coefficient (Wildman–Crippen LogP) is 6.71. The third-order valence-electron chi connectivity index (χ3n) is 8.16. The molecule has 0 aromatic heterocycles. The normalized spacial score (nSPS) is 17.0. The minimum atomic E-state index is -1.49. The van der Waals surface area contributed by atoms with Crippen molar-refractivity contribution < 1.29 is 28.2 Å². The van der Waals surface area contributed by atoms with Crippen LogP contribution in [0, 0.1) is 11.6 Å². The summed E-state index contributed by atoms with van der Waals surface area (Å²) in [7, 11) is 0. The average molecular weight is 648 g/mol. The van der Waals surface area contributed by atoms with Crippen LogP contribution in [0.25, 0.3) is 11.1 Å². The fourth-order valence-electron chi connectivity index (χ4n) is 5.68. The van der Waals surface area contributed by atoms with E-state index in [9.17, 15) is 13.6 Å². The van der Waals surface area contributed by atoms with Crippen LogP contribution in [0.15, 0.2) is 132 Å². The maximum absolute atomic E-state index is 14.4. The zero-order valence-corrected chi connectivity index (χ0v) is 26.1. The van der Waals surface area contributed by atoms with Crippen molar-refractivity contribution in [3.05, 3.63) is 161 Å². The van der Waals surface area contributed by atoms with E-state index < -0.39 is 29.2 Å². The summed E-state index contributed by atoms with van der Waals surface area (Å²) in [5.74, 6) is -0.777. The van der Waals surface area contributed by atoms with Crippen LogP contribution in [0.5, 0.6) is 5.75 Å². The Balaban J connectivity index is 1.37. The summed E-state index contributed by atoms with van der Waals surface area (Å²) in [6.07, 6.45) is -0.142. The number of halogens is 2. The molecule has 0 unspecified atom stereocenters. The molecule has 1 aliphatic heterocycles. The molecule has 5 aromatic carbocycles. The van der Waals surface area contributed by atoms with Gasteiger partial charge in [0.05, 0.1) is 6.61 Å². The van der Waals surface area contributed by atoms with Crippen LogP contribution in [0.2, 0.25) is 0 Å². The molecule has 0 radical (unpaired) electrons. The Labute approximate surface area is 277 Å². The van der Waals surface area contributed by atoms with Gasteiger partial charge in [-0.3, -0.25) is 10.2 Å². The highest BCUT2D eigenvalue weighted by Crippen LogP contribution is 2.43. The van der Waals surface area contributed by atoms with Crippen LogP contribution < -0.4 is 15.6 Å². The lowest BCUT2D eigenvalue weighted by Crippen LogP contribution is -2.53. The maximum Gasteiger partial charge on any atom is 0.266 e. The molecular weight excluding hydrogens is 612 g/mol. The van der Waals surface area contributed by atoms with Gasteiger partial charge < -0.3 is 14.6 Å². The van der Waals surface area contributed by atoms with E-state index in [2.05, 4.69) is 10.9 Å². The van der Waals surface area contributed by atoms with E-state index in [1.54, 1.807) is 12.1 Å². The lowest BCUT2D eigenvalue weighted by atomic mass is 9.82. The zero-order chi connectivity index (χ0) is 33.3. The van der Waals surface area contributed by atoms with Crippen LogP contribution in [-0.2, 0) is 22.5 Å². The van der Waals surface area contributed by atoms with Gasteiger partial charge in [0.15, 0.2) is 11.6 Å². The quantitative estimate of drug-likeness (QED) is 0.0976. The van der Waals surface area contributed by atoms with Crippen molar-refractivity contribution in [1.82, 2.24) is 10.9 Å². The molecular formula is C39H35F2N3O4. The molecule has 6 rings (SSSR count). The van der Waals surface area contributed by atoms with Gasteiger partial charge in [0, 0.05) is 37.1 Å². The van der Waals surface area contributed by atoms with E-state index >= 15 is 0 Å². The summed E-state index contributed by atoms with van der Waals surface area (Å²) >= 11 is 0. The van der Waals surface area contributed by atoms with Crippen LogP contribution >= 0.6 is 0 Å². The number of hydrazine groups is 1. The molecule has 0 aliphatic carbocycles. The number of aliphatic imine (C=N–C) groups is 1. The molecule has 0 spiro atoms. The molecule has 48 heavy (non-hydrogen) atoms. The first-order valence-corrected chi connectivity index (χ1v) is 15.7. The molecule has 5 aromatic rings. The number of nitrogens with one attached hydrogen (secondary N) is 2. The number of rotatable bonds is 13. The molecule has 7 nitrogen and oxygen atoms in total. The maximum atomic E-state index is 14.4. The number of aliphatic hydroxyl groups is 1. The van der Waals surface area contributed by atoms with Crippen LogP contribution in [-0.4, -0.2) is 35.7 Å². The number of carbonyl (C=O) groups excluding carboxylic acids is 1. The van der Waals surface area contributed by atoms with Crippen LogP contribution in [0.3, 0.4) is 0 Å². The molecule has 2 atom stereocenters. The Kier molecular flexibility index (Phi) is 10.2. The number of aliphatic hydroxyl groups excluding tert-OH is 1. The van der Waals surface area contributed by atoms with Gasteiger partial charge in [-0.2, -0.15) is 0 Å². The number of carbonyl (C=O) groups is 1. The topological polar surface area (TPSA) is 92.2 Å². The number of benzene rings is 5. The number of ether oxygens (including phenoxy) is 2. The van der Waals surface area contributed by atoms with Gasteiger partial charge in [0.2, 0.25) is 5.90 Å². The van der Waals surface area contributed by atoms with Crippen molar-refractivity contribution in [3.8, 4) is 16.9 Å². The standard InChI is InChI=1S/C39H35F2N3O4/c40-33-18-21-35(41)32(24-33)26-42-44-38(46)39(25-27-8-3-1-4-9-27)36(30-14-12-29(13-15-30)28-10-5-2-6-11-28)48-37(43-39)31-16-19-34(20-17-31)47-23-7-22-45/h1-6,8-21,24,36,42,45H,7,22-23,25-26H2,(H,44,46)/t36-,39-/m0/s1. The number of hydrogen-bond donors (Lipinski definition) is 3. The lowest BCUT2D eigenvalue weighted by molar-refractivity contribution is -0.130. The molecule has 1 aliphatic rings. The fourth-order valence-corrected chi connectivity index (χ4v) is 5.68. The second-order valence-electron chi connectivity index (χ2n) is 11.5. The van der Waals surface area contributed by atoms with Crippen molar-refractivity contribution in [2.75, 3.05) is 13.2 Å². The van der Waals surface area contributed by atoms with Crippen LogP contribution in [0.1, 0.15) is 34.8 Å². The van der Waals surface area contributed by atoms with Crippen molar-refractivity contribution in [2.45, 2.75) is 31.0 Å². The largest absolute Gasteiger partial charge is 0.494 e. The zero-order valence-electron chi connectivity index (χ0n) is 26.1. The average Bonchev–Trinajstić information content (AvgIpc) is 3.51. The molecule has 1 amide bonds. The Hall–Kier alpha value is -5.38. The number of amides is 1. The lowest BCUT2D eigenvalue weighted by Gasteiger charge is -2.31. The highest BCUT2D eigenvalue weighted by Gasteiger charge is 2.53. The summed E-state index contributed by atoms with van der Waals surface area (Å²) in [5, 5.41) is 9.08. The first kappa shape index (κ1) is 32.6. The summed E-state index contributed by atoms with van der Waals surface area (Å²) in [5.41, 5.74) is 8.37. The Morgan fingerprint density at radius 1 is 0.833 bits per heavy atom. The minimum Gasteiger partial charge on any atom is -0.494 e. The smallest absolute Gasteiger partial charge is 0.266 e. The first-order chi connectivity index (χ1) is 23.4. The van der Waals surface area contributed by atoms with Gasteiger partial charge in [-0.15, -0.1) is 0 Å². The molecule has 244 valence electrons. The SMILES string of the molecule is O=C(NNCc1cc(F)ccc1F)[C@@]1(Cc2ccccc2)N=C(c2ccc(OCCCO)cc2)O[C@H]1c1ccc(-c2ccccc2)cc1. The van der Waals surface area contributed by atoms with E-state index in [-0.39, 0.29) is 31.0 Å². The Morgan fingerprint density at radius 3 is 2.21 bits per heavy atom. The third-order valence-corrected chi connectivity index (χ3v) is 8.16. The highest BCUT2D eigenvalue weighted by atomic mass is 19.1. The van der Waals surface area contributed by atoms with Gasteiger partial charge >= 0.3 is 0 Å². The van der Waals surface area contributed by atoms with Crippen molar-refractivity contribution in [2.24, 2.45) is 4.99 Å². The van der Waals surface area contributed by atoms with E-state index in [1.165, 1.54) is 0 Å². The second-order valence-corrected chi connectivity index (χ2v) is 11.5. The predicted molar refractivity (Wildman–Crippen MR) is 180 cm³/mol. The summed E-state index contributed by atoms with van der Waals surface area (Å²) in [6.45, 7) is 0.262. The van der Waals surface area contributed by atoms with Gasteiger partial charge in [-0.25, -0.2) is 19.2 Å². The van der Waals surface area contributed by atoms with E-state index in [1.807, 2.05) is 97.1 Å². The summed E-state index contributed by atoms with van der Waals surface area (Å²) in [6, 6.07) is 37.7. The molecule has 9 heteroatoms. The molecule has 0 bridgehead atoms. The van der Waals surface area contributed by atoms with Gasteiger partial charge in [-0.05, 0) is 64.7 Å². The van der Waals surface area contributed by atoms with Crippen molar-refractivity contribution in [1.29, 1.82) is 0 Å². The monoisotopic (exact) mass is 647 g/mol. The molecule has 0 saturated carbocycles. The van der Waals surface area contributed by atoms with Crippen LogP contribution in [0.4, 0.5) is 8.78 Å². The van der Waals surface area contributed by atoms with Crippen molar-refractivity contribution in [3.63, 3.8) is 0 Å². The molecule has 0 fully saturated rings. The molecule has 0 saturated heterocycles. The van der Waals surface area contributed by atoms with Gasteiger partial charge in [-0.1, -0.05) is 84.9 Å². The highest BCUT2D eigenvalue weighted by molar-refractivity contribution is 6.01. The minimum absolute atomic E-state index is 0.0358. The van der Waals surface area contributed by atoms with E-state index in [0.717, 1.165) is 40.5 Å².